The van der Waals surface area contributed by atoms with E-state index in [4.69, 9.17) is 14.3 Å². The van der Waals surface area contributed by atoms with Crippen LogP contribution < -0.4 is 14.8 Å². The minimum absolute atomic E-state index is 0.275. The van der Waals surface area contributed by atoms with Crippen molar-refractivity contribution in [3.63, 3.8) is 0 Å². The average molecular weight is 593 g/mol. The number of carbonyl (C=O) groups is 1. The number of ether oxygens (including phenoxy) is 2. The van der Waals surface area contributed by atoms with Crippen molar-refractivity contribution in [1.82, 2.24) is 5.32 Å². The Bertz CT molecular complexity index is 880. The lowest BCUT2D eigenvalue weighted by molar-refractivity contribution is -0.115. The van der Waals surface area contributed by atoms with Crippen LogP contribution in [0.15, 0.2) is 48.9 Å². The van der Waals surface area contributed by atoms with E-state index in [0.717, 1.165) is 30.3 Å². The summed E-state index contributed by atoms with van der Waals surface area (Å²) in [4.78, 5) is 17.5. The Labute approximate surface area is 195 Å². The molecule has 0 aliphatic rings. The van der Waals surface area contributed by atoms with Crippen molar-refractivity contribution in [2.45, 2.75) is 12.8 Å². The van der Waals surface area contributed by atoms with Crippen molar-refractivity contribution in [2.24, 2.45) is 5.16 Å². The highest BCUT2D eigenvalue weighted by atomic mass is 79.9. The summed E-state index contributed by atoms with van der Waals surface area (Å²) in [7, 11) is 4.63. The van der Waals surface area contributed by atoms with Crippen molar-refractivity contribution in [2.75, 3.05) is 27.9 Å². The highest BCUT2D eigenvalue weighted by Crippen LogP contribution is 2.34. The molecule has 2 aromatic carbocycles. The number of methoxy groups -OCH3 is 2. The Morgan fingerprint density at radius 1 is 0.966 bits per heavy atom. The van der Waals surface area contributed by atoms with E-state index in [1.165, 1.54) is 7.11 Å². The predicted octanol–water partition coefficient (Wildman–Crippen LogP) is 4.90. The molecule has 0 spiro atoms. The van der Waals surface area contributed by atoms with Gasteiger partial charge in [-0.15, -0.1) is 0 Å². The van der Waals surface area contributed by atoms with E-state index in [-0.39, 0.29) is 11.6 Å². The van der Waals surface area contributed by atoms with Gasteiger partial charge in [-0.05, 0) is 89.6 Å². The van der Waals surface area contributed by atoms with Crippen molar-refractivity contribution >= 4 is 59.4 Å². The lowest BCUT2D eigenvalue weighted by Crippen LogP contribution is -2.34. The standard InChI is InChI=1S/C20H21Br3N2O4/c1-27-18-5-4-12(8-14(18)21)6-7-24-20(26)17(25-29-3)11-13-9-15(22)19(28-2)16(23)10-13/h4-5,8-10H,6-7,11H2,1-3H3,(H,24,26). The average Bonchev–Trinajstić information content (AvgIpc) is 2.67. The second-order valence-electron chi connectivity index (χ2n) is 5.96. The molecule has 9 heteroatoms. The number of carbonyl (C=O) groups excluding carboxylic acids is 1. The first-order valence-corrected chi connectivity index (χ1v) is 11.0. The zero-order valence-corrected chi connectivity index (χ0v) is 21.0. The van der Waals surface area contributed by atoms with Crippen LogP contribution in [0.25, 0.3) is 0 Å². The molecule has 0 aliphatic carbocycles. The van der Waals surface area contributed by atoms with Crippen LogP contribution in [0, 0.1) is 0 Å². The number of nitrogens with one attached hydrogen (secondary N) is 1. The van der Waals surface area contributed by atoms with Crippen molar-refractivity contribution in [1.29, 1.82) is 0 Å². The lowest BCUT2D eigenvalue weighted by atomic mass is 10.1. The van der Waals surface area contributed by atoms with Gasteiger partial charge in [0.2, 0.25) is 0 Å². The maximum absolute atomic E-state index is 12.6. The first kappa shape index (κ1) is 23.7. The highest BCUT2D eigenvalue weighted by Gasteiger charge is 2.16. The summed E-state index contributed by atoms with van der Waals surface area (Å²) >= 11 is 10.4. The fourth-order valence-corrected chi connectivity index (χ4v) is 4.85. The van der Waals surface area contributed by atoms with Gasteiger partial charge in [-0.3, -0.25) is 4.79 Å². The molecular weight excluding hydrogens is 572 g/mol. The fourth-order valence-electron chi connectivity index (χ4n) is 2.65. The first-order chi connectivity index (χ1) is 13.9. The molecule has 1 N–H and O–H groups in total. The SMILES string of the molecule is CON=C(Cc1cc(Br)c(OC)c(Br)c1)C(=O)NCCc1ccc(OC)c(Br)c1. The van der Waals surface area contributed by atoms with Gasteiger partial charge in [0.15, 0.2) is 0 Å². The van der Waals surface area contributed by atoms with Crippen LogP contribution in [0.3, 0.4) is 0 Å². The maximum atomic E-state index is 12.6. The number of hydrogen-bond donors (Lipinski definition) is 1. The number of halogens is 3. The van der Waals surface area contributed by atoms with E-state index in [1.54, 1.807) is 14.2 Å². The maximum Gasteiger partial charge on any atom is 0.269 e. The monoisotopic (exact) mass is 590 g/mol. The van der Waals surface area contributed by atoms with Crippen LogP contribution in [-0.4, -0.2) is 39.5 Å². The van der Waals surface area contributed by atoms with Gasteiger partial charge >= 0.3 is 0 Å². The molecule has 0 saturated heterocycles. The minimum atomic E-state index is -0.275. The van der Waals surface area contributed by atoms with Crippen molar-refractivity contribution in [3.05, 3.63) is 54.9 Å². The van der Waals surface area contributed by atoms with Crippen LogP contribution in [0.5, 0.6) is 11.5 Å². The van der Waals surface area contributed by atoms with Gasteiger partial charge in [0.25, 0.3) is 5.91 Å². The molecule has 0 saturated carbocycles. The van der Waals surface area contributed by atoms with E-state index >= 15 is 0 Å². The third kappa shape index (κ3) is 6.72. The number of oxime groups is 1. The minimum Gasteiger partial charge on any atom is -0.496 e. The molecule has 0 unspecified atom stereocenters. The summed E-state index contributed by atoms with van der Waals surface area (Å²) in [6.07, 6.45) is 0.989. The molecule has 0 bridgehead atoms. The molecule has 0 atom stereocenters. The van der Waals surface area contributed by atoms with Crippen LogP contribution in [0.2, 0.25) is 0 Å². The Morgan fingerprint density at radius 3 is 2.17 bits per heavy atom. The normalized spacial score (nSPS) is 11.2. The van der Waals surface area contributed by atoms with Gasteiger partial charge in [0, 0.05) is 13.0 Å². The number of rotatable bonds is 9. The smallest absolute Gasteiger partial charge is 0.269 e. The summed E-state index contributed by atoms with van der Waals surface area (Å²) in [5, 5.41) is 6.79. The molecular formula is C20H21Br3N2O4. The fraction of sp³-hybridized carbons (Fsp3) is 0.300. The molecule has 2 aromatic rings. The third-order valence-electron chi connectivity index (χ3n) is 4.01. The second kappa shape index (κ2) is 11.6. The van der Waals surface area contributed by atoms with E-state index < -0.39 is 0 Å². The van der Waals surface area contributed by atoms with Gasteiger partial charge in [0.05, 0.1) is 27.6 Å². The Hall–Kier alpha value is -1.58. The first-order valence-electron chi connectivity index (χ1n) is 8.62. The molecule has 0 aliphatic heterocycles. The van der Waals surface area contributed by atoms with Crippen LogP contribution in [0.4, 0.5) is 0 Å². The molecule has 6 nitrogen and oxygen atoms in total. The third-order valence-corrected chi connectivity index (χ3v) is 5.81. The number of nitrogens with zero attached hydrogens (tertiary/aromatic N) is 1. The number of hydrogen-bond acceptors (Lipinski definition) is 5. The molecule has 156 valence electrons. The summed E-state index contributed by atoms with van der Waals surface area (Å²) in [6, 6.07) is 9.60. The van der Waals surface area contributed by atoms with E-state index in [1.807, 2.05) is 30.3 Å². The predicted molar refractivity (Wildman–Crippen MR) is 124 cm³/mol. The highest BCUT2D eigenvalue weighted by molar-refractivity contribution is 9.11. The summed E-state index contributed by atoms with van der Waals surface area (Å²) in [6.45, 7) is 0.469. The zero-order chi connectivity index (χ0) is 21.4. The Kier molecular flexibility index (Phi) is 9.45. The Morgan fingerprint density at radius 2 is 1.62 bits per heavy atom. The molecule has 1 amide bonds. The lowest BCUT2D eigenvalue weighted by Gasteiger charge is -2.11. The van der Waals surface area contributed by atoms with E-state index in [0.29, 0.717) is 25.1 Å². The molecule has 0 heterocycles. The largest absolute Gasteiger partial charge is 0.496 e. The molecule has 2 rings (SSSR count). The molecule has 29 heavy (non-hydrogen) atoms. The topological polar surface area (TPSA) is 69.2 Å². The van der Waals surface area contributed by atoms with Crippen molar-refractivity contribution in [3.8, 4) is 11.5 Å². The quantitative estimate of drug-likeness (QED) is 0.332. The molecule has 0 fully saturated rings. The van der Waals surface area contributed by atoms with Gasteiger partial charge in [0.1, 0.15) is 24.3 Å². The molecule has 0 radical (unpaired) electrons. The van der Waals surface area contributed by atoms with Crippen LogP contribution in [0.1, 0.15) is 11.1 Å². The number of benzene rings is 2. The van der Waals surface area contributed by atoms with Gasteiger partial charge < -0.3 is 19.6 Å². The van der Waals surface area contributed by atoms with Crippen molar-refractivity contribution < 1.29 is 19.1 Å². The van der Waals surface area contributed by atoms with Gasteiger partial charge in [-0.1, -0.05) is 11.2 Å². The van der Waals surface area contributed by atoms with Crippen LogP contribution in [-0.2, 0) is 22.5 Å². The molecule has 0 aromatic heterocycles. The second-order valence-corrected chi connectivity index (χ2v) is 8.53. The van der Waals surface area contributed by atoms with E-state index in [9.17, 15) is 4.79 Å². The number of amides is 1. The summed E-state index contributed by atoms with van der Waals surface area (Å²) in [5.74, 6) is 1.18. The van der Waals surface area contributed by atoms with Gasteiger partial charge in [-0.25, -0.2) is 0 Å². The summed E-state index contributed by atoms with van der Waals surface area (Å²) in [5.41, 5.74) is 2.24. The van der Waals surface area contributed by atoms with Crippen LogP contribution >= 0.6 is 47.8 Å². The van der Waals surface area contributed by atoms with Gasteiger partial charge in [-0.2, -0.15) is 0 Å². The Balaban J connectivity index is 2.01. The van der Waals surface area contributed by atoms with E-state index in [2.05, 4.69) is 58.3 Å². The zero-order valence-electron chi connectivity index (χ0n) is 16.2. The summed E-state index contributed by atoms with van der Waals surface area (Å²) < 4.78 is 13.0.